The Hall–Kier alpha value is -2.32. The molecule has 0 saturated carbocycles. The quantitative estimate of drug-likeness (QED) is 0.696. The number of hydrogen-bond acceptors (Lipinski definition) is 1. The van der Waals surface area contributed by atoms with Gasteiger partial charge in [-0.2, -0.15) is 0 Å². The van der Waals surface area contributed by atoms with E-state index in [4.69, 9.17) is 0 Å². The Morgan fingerprint density at radius 3 is 2.26 bits per heavy atom. The molecule has 2 heteroatoms. The van der Waals surface area contributed by atoms with Crippen molar-refractivity contribution in [3.05, 3.63) is 95.3 Å². The van der Waals surface area contributed by atoms with Crippen molar-refractivity contribution in [2.45, 2.75) is 26.1 Å². The highest BCUT2D eigenvalue weighted by molar-refractivity contribution is 5.32. The van der Waals surface area contributed by atoms with Gasteiger partial charge in [-0.15, -0.1) is 0 Å². The number of nitrogens with zero attached hydrogens (tertiary/aromatic N) is 2. The third-order valence-corrected chi connectivity index (χ3v) is 4.83. The Balaban J connectivity index is 1.74. The molecule has 0 aliphatic carbocycles. The van der Waals surface area contributed by atoms with Crippen molar-refractivity contribution in [2.24, 2.45) is 0 Å². The maximum absolute atomic E-state index is 2.60. The molecule has 0 amide bonds. The molecule has 1 aliphatic rings. The molecule has 0 saturated heterocycles. The molecule has 0 unspecified atom stereocenters. The molecule has 1 atom stereocenters. The summed E-state index contributed by atoms with van der Waals surface area (Å²) in [6, 6.07) is 26.5. The van der Waals surface area contributed by atoms with E-state index in [9.17, 15) is 0 Å². The van der Waals surface area contributed by atoms with Crippen molar-refractivity contribution >= 4 is 0 Å². The van der Waals surface area contributed by atoms with E-state index in [1.807, 2.05) is 0 Å². The maximum Gasteiger partial charge on any atom is 0.0759 e. The van der Waals surface area contributed by atoms with E-state index in [0.29, 0.717) is 6.04 Å². The SMILES string of the molecule is Cc1ccc2n1CCN(Cc1ccccc1)[C@@H]2c1ccccc1. The van der Waals surface area contributed by atoms with E-state index in [0.717, 1.165) is 19.6 Å². The summed E-state index contributed by atoms with van der Waals surface area (Å²) in [6.45, 7) is 5.35. The Bertz CT molecular complexity index is 774. The van der Waals surface area contributed by atoms with Crippen molar-refractivity contribution in [1.82, 2.24) is 9.47 Å². The summed E-state index contributed by atoms with van der Waals surface area (Å²) in [6.07, 6.45) is 0. The molecule has 0 N–H and O–H groups in total. The van der Waals surface area contributed by atoms with Gasteiger partial charge in [0.1, 0.15) is 0 Å². The Labute approximate surface area is 138 Å². The van der Waals surface area contributed by atoms with Crippen molar-refractivity contribution in [2.75, 3.05) is 6.54 Å². The van der Waals surface area contributed by atoms with Gasteiger partial charge in [0.05, 0.1) is 6.04 Å². The van der Waals surface area contributed by atoms with Gasteiger partial charge in [0.2, 0.25) is 0 Å². The van der Waals surface area contributed by atoms with Gasteiger partial charge in [-0.05, 0) is 30.2 Å². The first kappa shape index (κ1) is 14.3. The summed E-state index contributed by atoms with van der Waals surface area (Å²) in [7, 11) is 0. The zero-order chi connectivity index (χ0) is 15.6. The molecule has 1 aliphatic heterocycles. The number of aryl methyl sites for hydroxylation is 1. The summed E-state index contributed by atoms with van der Waals surface area (Å²) in [4.78, 5) is 2.60. The molecular formula is C21H22N2. The van der Waals surface area contributed by atoms with Gasteiger partial charge in [-0.1, -0.05) is 60.7 Å². The number of rotatable bonds is 3. The average molecular weight is 302 g/mol. The van der Waals surface area contributed by atoms with Gasteiger partial charge in [-0.25, -0.2) is 0 Å². The molecule has 2 nitrogen and oxygen atoms in total. The number of benzene rings is 2. The first-order valence-corrected chi connectivity index (χ1v) is 8.32. The van der Waals surface area contributed by atoms with Gasteiger partial charge >= 0.3 is 0 Å². The lowest BCUT2D eigenvalue weighted by Crippen LogP contribution is -2.38. The fourth-order valence-corrected chi connectivity index (χ4v) is 3.68. The lowest BCUT2D eigenvalue weighted by atomic mass is 9.99. The topological polar surface area (TPSA) is 8.17 Å². The standard InChI is InChI=1S/C21H22N2/c1-17-12-13-20-21(19-10-6-3-7-11-19)22(14-15-23(17)20)16-18-8-4-2-5-9-18/h2-13,21H,14-16H2,1H3/t21-/m1/s1. The van der Waals surface area contributed by atoms with E-state index in [-0.39, 0.29) is 0 Å². The van der Waals surface area contributed by atoms with Crippen LogP contribution >= 0.6 is 0 Å². The molecular weight excluding hydrogens is 280 g/mol. The summed E-state index contributed by atoms with van der Waals surface area (Å²) in [5.74, 6) is 0. The monoisotopic (exact) mass is 302 g/mol. The van der Waals surface area contributed by atoms with Crippen molar-refractivity contribution in [3.63, 3.8) is 0 Å². The van der Waals surface area contributed by atoms with E-state index < -0.39 is 0 Å². The van der Waals surface area contributed by atoms with E-state index in [2.05, 4.69) is 89.2 Å². The lowest BCUT2D eigenvalue weighted by Gasteiger charge is -2.38. The number of hydrogen-bond donors (Lipinski definition) is 0. The maximum atomic E-state index is 2.60. The van der Waals surface area contributed by atoms with Crippen molar-refractivity contribution < 1.29 is 0 Å². The summed E-state index contributed by atoms with van der Waals surface area (Å²) < 4.78 is 2.47. The van der Waals surface area contributed by atoms with Gasteiger partial charge in [0, 0.05) is 31.0 Å². The van der Waals surface area contributed by atoms with E-state index in [1.165, 1.54) is 22.5 Å². The Morgan fingerprint density at radius 1 is 0.826 bits per heavy atom. The van der Waals surface area contributed by atoms with E-state index >= 15 is 0 Å². The van der Waals surface area contributed by atoms with Crippen LogP contribution in [-0.2, 0) is 13.1 Å². The molecule has 1 aromatic heterocycles. The Morgan fingerprint density at radius 2 is 1.52 bits per heavy atom. The predicted molar refractivity (Wildman–Crippen MR) is 94.3 cm³/mol. The highest BCUT2D eigenvalue weighted by Crippen LogP contribution is 2.34. The molecule has 2 heterocycles. The van der Waals surface area contributed by atoms with Crippen LogP contribution in [0.15, 0.2) is 72.8 Å². The minimum absolute atomic E-state index is 0.332. The van der Waals surface area contributed by atoms with Crippen LogP contribution in [0.25, 0.3) is 0 Å². The molecule has 4 rings (SSSR count). The highest BCUT2D eigenvalue weighted by Gasteiger charge is 2.29. The van der Waals surface area contributed by atoms with Crippen LogP contribution in [0.3, 0.4) is 0 Å². The Kier molecular flexibility index (Phi) is 3.76. The normalized spacial score (nSPS) is 17.9. The first-order chi connectivity index (χ1) is 11.3. The minimum Gasteiger partial charge on any atom is -0.346 e. The first-order valence-electron chi connectivity index (χ1n) is 8.32. The van der Waals surface area contributed by atoms with Crippen LogP contribution in [0.5, 0.6) is 0 Å². The second-order valence-corrected chi connectivity index (χ2v) is 6.32. The smallest absolute Gasteiger partial charge is 0.0759 e. The third-order valence-electron chi connectivity index (χ3n) is 4.83. The molecule has 0 bridgehead atoms. The fourth-order valence-electron chi connectivity index (χ4n) is 3.68. The number of aromatic nitrogens is 1. The van der Waals surface area contributed by atoms with Crippen molar-refractivity contribution in [1.29, 1.82) is 0 Å². The largest absolute Gasteiger partial charge is 0.346 e. The molecule has 0 spiro atoms. The minimum atomic E-state index is 0.332. The summed E-state index contributed by atoms with van der Waals surface area (Å²) >= 11 is 0. The van der Waals surface area contributed by atoms with Crippen LogP contribution < -0.4 is 0 Å². The average Bonchev–Trinajstić information content (AvgIpc) is 2.98. The highest BCUT2D eigenvalue weighted by atomic mass is 15.2. The second kappa shape index (κ2) is 6.05. The number of fused-ring (bicyclic) bond motifs is 1. The lowest BCUT2D eigenvalue weighted by molar-refractivity contribution is 0.173. The van der Waals surface area contributed by atoms with Crippen LogP contribution in [-0.4, -0.2) is 16.0 Å². The van der Waals surface area contributed by atoms with Gasteiger partial charge in [0.15, 0.2) is 0 Å². The van der Waals surface area contributed by atoms with Crippen LogP contribution in [0, 0.1) is 6.92 Å². The van der Waals surface area contributed by atoms with Crippen LogP contribution in [0.1, 0.15) is 28.6 Å². The summed E-state index contributed by atoms with van der Waals surface area (Å²) in [5, 5.41) is 0. The molecule has 0 radical (unpaired) electrons. The molecule has 3 aromatic rings. The van der Waals surface area contributed by atoms with Gasteiger partial charge in [0.25, 0.3) is 0 Å². The van der Waals surface area contributed by atoms with Gasteiger partial charge < -0.3 is 4.57 Å². The zero-order valence-corrected chi connectivity index (χ0v) is 13.5. The van der Waals surface area contributed by atoms with Crippen LogP contribution in [0.4, 0.5) is 0 Å². The third kappa shape index (κ3) is 2.71. The molecule has 116 valence electrons. The molecule has 0 fully saturated rings. The molecule has 23 heavy (non-hydrogen) atoms. The van der Waals surface area contributed by atoms with Crippen LogP contribution in [0.2, 0.25) is 0 Å². The van der Waals surface area contributed by atoms with Gasteiger partial charge in [-0.3, -0.25) is 4.90 Å². The van der Waals surface area contributed by atoms with E-state index in [1.54, 1.807) is 0 Å². The zero-order valence-electron chi connectivity index (χ0n) is 13.5. The van der Waals surface area contributed by atoms with Crippen molar-refractivity contribution in [3.8, 4) is 0 Å². The predicted octanol–water partition coefficient (Wildman–Crippen LogP) is 4.40. The fraction of sp³-hybridized carbons (Fsp3) is 0.238. The second-order valence-electron chi connectivity index (χ2n) is 6.32. The summed E-state index contributed by atoms with van der Waals surface area (Å²) in [5.41, 5.74) is 5.53. The molecule has 2 aromatic carbocycles.